The van der Waals surface area contributed by atoms with Gasteiger partial charge in [0.05, 0.1) is 24.2 Å². The second-order valence-electron chi connectivity index (χ2n) is 6.96. The summed E-state index contributed by atoms with van der Waals surface area (Å²) in [4.78, 5) is 26.1. The van der Waals surface area contributed by atoms with Crippen LogP contribution in [0.25, 0.3) is 6.08 Å². The number of aromatic nitrogens is 2. The molecule has 2 aromatic rings. The van der Waals surface area contributed by atoms with Gasteiger partial charge in [0, 0.05) is 32.3 Å². The van der Waals surface area contributed by atoms with Crippen LogP contribution in [-0.4, -0.2) is 61.1 Å². The van der Waals surface area contributed by atoms with Crippen molar-refractivity contribution in [2.75, 3.05) is 50.6 Å². The Morgan fingerprint density at radius 2 is 1.68 bits per heavy atom. The van der Waals surface area contributed by atoms with E-state index in [0.29, 0.717) is 5.69 Å². The van der Waals surface area contributed by atoms with Crippen LogP contribution < -0.4 is 15.0 Å². The van der Waals surface area contributed by atoms with Gasteiger partial charge in [0.15, 0.2) is 0 Å². The number of piperazine rings is 1. The zero-order valence-electron chi connectivity index (χ0n) is 16.9. The number of ether oxygens (including phenoxy) is 1. The molecule has 1 aromatic carbocycles. The monoisotopic (exact) mass is 381 g/mol. The summed E-state index contributed by atoms with van der Waals surface area (Å²) in [6.45, 7) is 7.61. The van der Waals surface area contributed by atoms with E-state index in [2.05, 4.69) is 32.1 Å². The molecule has 1 aromatic heterocycles. The summed E-state index contributed by atoms with van der Waals surface area (Å²) in [6.07, 6.45) is 3.27. The maximum Gasteiger partial charge on any atom is 0.248 e. The lowest BCUT2D eigenvalue weighted by Crippen LogP contribution is -2.45. The van der Waals surface area contributed by atoms with Gasteiger partial charge in [0.2, 0.25) is 11.9 Å². The largest absolute Gasteiger partial charge is 0.497 e. The lowest BCUT2D eigenvalue weighted by molar-refractivity contribution is -0.111. The average Bonchev–Trinajstić information content (AvgIpc) is 2.70. The third kappa shape index (κ3) is 4.86. The zero-order chi connectivity index (χ0) is 20.1. The number of amides is 1. The molecular formula is C21H27N5O2. The molecule has 7 heteroatoms. The van der Waals surface area contributed by atoms with Gasteiger partial charge < -0.3 is 19.9 Å². The van der Waals surface area contributed by atoms with Gasteiger partial charge >= 0.3 is 0 Å². The molecule has 1 N–H and O–H groups in total. The molecule has 1 amide bonds. The minimum absolute atomic E-state index is 0.210. The Morgan fingerprint density at radius 3 is 2.25 bits per heavy atom. The molecule has 0 saturated carbocycles. The minimum atomic E-state index is -0.210. The Kier molecular flexibility index (Phi) is 6.26. The molecule has 1 aliphatic heterocycles. The quantitative estimate of drug-likeness (QED) is 0.803. The number of benzene rings is 1. The third-order valence-corrected chi connectivity index (χ3v) is 4.84. The Morgan fingerprint density at radius 1 is 1.07 bits per heavy atom. The van der Waals surface area contributed by atoms with Gasteiger partial charge in [0.25, 0.3) is 0 Å². The van der Waals surface area contributed by atoms with E-state index in [1.807, 2.05) is 38.1 Å². The number of anilines is 2. The van der Waals surface area contributed by atoms with E-state index in [0.717, 1.165) is 54.8 Å². The Labute approximate surface area is 166 Å². The topological polar surface area (TPSA) is 70.6 Å². The van der Waals surface area contributed by atoms with Crippen LogP contribution in [0.4, 0.5) is 11.6 Å². The van der Waals surface area contributed by atoms with Gasteiger partial charge in [-0.05, 0) is 44.7 Å². The predicted molar refractivity (Wildman–Crippen MR) is 112 cm³/mol. The first kappa shape index (κ1) is 19.8. The molecule has 1 saturated heterocycles. The van der Waals surface area contributed by atoms with E-state index in [1.54, 1.807) is 13.2 Å². The number of hydrogen-bond donors (Lipinski definition) is 1. The molecule has 28 heavy (non-hydrogen) atoms. The first-order valence-electron chi connectivity index (χ1n) is 9.38. The number of nitrogens with one attached hydrogen (secondary N) is 1. The SMILES string of the molecule is COc1ccc(/C=C/C(=O)Nc2c(C)nc(N3CCN(C)CC3)nc2C)cc1. The molecule has 1 aliphatic rings. The van der Waals surface area contributed by atoms with Crippen LogP contribution >= 0.6 is 0 Å². The number of methoxy groups -OCH3 is 1. The van der Waals surface area contributed by atoms with Gasteiger partial charge in [0.1, 0.15) is 5.75 Å². The number of carbonyl (C=O) groups excluding carboxylic acids is 1. The molecule has 0 atom stereocenters. The van der Waals surface area contributed by atoms with Crippen molar-refractivity contribution < 1.29 is 9.53 Å². The average molecular weight is 381 g/mol. The van der Waals surface area contributed by atoms with Gasteiger partial charge in [-0.3, -0.25) is 4.79 Å². The first-order chi connectivity index (χ1) is 13.5. The molecule has 148 valence electrons. The van der Waals surface area contributed by atoms with Crippen LogP contribution in [0.3, 0.4) is 0 Å². The lowest BCUT2D eigenvalue weighted by Gasteiger charge is -2.32. The second kappa shape index (κ2) is 8.84. The number of carbonyl (C=O) groups is 1. The van der Waals surface area contributed by atoms with Crippen LogP contribution in [-0.2, 0) is 4.79 Å². The maximum absolute atomic E-state index is 12.3. The molecular weight excluding hydrogens is 354 g/mol. The van der Waals surface area contributed by atoms with Gasteiger partial charge in [-0.2, -0.15) is 0 Å². The molecule has 3 rings (SSSR count). The minimum Gasteiger partial charge on any atom is -0.497 e. The van der Waals surface area contributed by atoms with E-state index >= 15 is 0 Å². The van der Waals surface area contributed by atoms with Crippen molar-refractivity contribution in [3.05, 3.63) is 47.3 Å². The molecule has 1 fully saturated rings. The molecule has 0 bridgehead atoms. The molecule has 0 unspecified atom stereocenters. The highest BCUT2D eigenvalue weighted by molar-refractivity contribution is 6.02. The van der Waals surface area contributed by atoms with Crippen molar-refractivity contribution in [3.63, 3.8) is 0 Å². The standard InChI is InChI=1S/C21H27N5O2/c1-15-20(16(2)23-21(22-15)26-13-11-25(3)12-14-26)24-19(27)10-7-17-5-8-18(28-4)9-6-17/h5-10H,11-14H2,1-4H3,(H,24,27)/b10-7+. The summed E-state index contributed by atoms with van der Waals surface area (Å²) in [7, 11) is 3.74. The number of rotatable bonds is 5. The molecule has 0 spiro atoms. The molecule has 0 aliphatic carbocycles. The predicted octanol–water partition coefficient (Wildman–Crippen LogP) is 2.51. The first-order valence-corrected chi connectivity index (χ1v) is 9.38. The highest BCUT2D eigenvalue weighted by Crippen LogP contribution is 2.21. The van der Waals surface area contributed by atoms with Gasteiger partial charge in [-0.1, -0.05) is 12.1 Å². The van der Waals surface area contributed by atoms with Crippen LogP contribution in [0.2, 0.25) is 0 Å². The maximum atomic E-state index is 12.3. The molecule has 0 radical (unpaired) electrons. The summed E-state index contributed by atoms with van der Waals surface area (Å²) in [6, 6.07) is 7.51. The second-order valence-corrected chi connectivity index (χ2v) is 6.96. The van der Waals surface area contributed by atoms with E-state index in [1.165, 1.54) is 6.08 Å². The van der Waals surface area contributed by atoms with Crippen LogP contribution in [0, 0.1) is 13.8 Å². The van der Waals surface area contributed by atoms with E-state index in [9.17, 15) is 4.79 Å². The van der Waals surface area contributed by atoms with E-state index in [-0.39, 0.29) is 5.91 Å². The van der Waals surface area contributed by atoms with Crippen molar-refractivity contribution in [1.29, 1.82) is 0 Å². The van der Waals surface area contributed by atoms with E-state index < -0.39 is 0 Å². The molecule has 7 nitrogen and oxygen atoms in total. The Hall–Kier alpha value is -2.93. The summed E-state index contributed by atoms with van der Waals surface area (Å²) in [5.74, 6) is 1.30. The van der Waals surface area contributed by atoms with Gasteiger partial charge in [-0.15, -0.1) is 0 Å². The van der Waals surface area contributed by atoms with Crippen molar-refractivity contribution in [2.45, 2.75) is 13.8 Å². The van der Waals surface area contributed by atoms with Crippen molar-refractivity contribution in [2.24, 2.45) is 0 Å². The fourth-order valence-corrected chi connectivity index (χ4v) is 3.08. The van der Waals surface area contributed by atoms with Crippen molar-refractivity contribution in [1.82, 2.24) is 14.9 Å². The number of likely N-dealkylation sites (N-methyl/N-ethyl adjacent to an activating group) is 1. The zero-order valence-corrected chi connectivity index (χ0v) is 16.9. The van der Waals surface area contributed by atoms with Crippen molar-refractivity contribution >= 4 is 23.6 Å². The Balaban J connectivity index is 1.67. The normalized spacial score (nSPS) is 15.1. The fraction of sp³-hybridized carbons (Fsp3) is 0.381. The van der Waals surface area contributed by atoms with Crippen LogP contribution in [0.1, 0.15) is 17.0 Å². The highest BCUT2D eigenvalue weighted by Gasteiger charge is 2.19. The third-order valence-electron chi connectivity index (χ3n) is 4.84. The van der Waals surface area contributed by atoms with E-state index in [4.69, 9.17) is 4.74 Å². The summed E-state index contributed by atoms with van der Waals surface area (Å²) in [5, 5.41) is 2.91. The van der Waals surface area contributed by atoms with Crippen LogP contribution in [0.15, 0.2) is 30.3 Å². The fourth-order valence-electron chi connectivity index (χ4n) is 3.08. The van der Waals surface area contributed by atoms with Gasteiger partial charge in [-0.25, -0.2) is 9.97 Å². The number of nitrogens with zero attached hydrogens (tertiary/aromatic N) is 4. The Bertz CT molecular complexity index is 833. The summed E-state index contributed by atoms with van der Waals surface area (Å²) >= 11 is 0. The number of aryl methyl sites for hydroxylation is 2. The van der Waals surface area contributed by atoms with Crippen molar-refractivity contribution in [3.8, 4) is 5.75 Å². The summed E-state index contributed by atoms with van der Waals surface area (Å²) < 4.78 is 5.14. The molecule has 2 heterocycles. The number of hydrogen-bond acceptors (Lipinski definition) is 6. The smallest absolute Gasteiger partial charge is 0.248 e. The summed E-state index contributed by atoms with van der Waals surface area (Å²) in [5.41, 5.74) is 3.13. The highest BCUT2D eigenvalue weighted by atomic mass is 16.5. The lowest BCUT2D eigenvalue weighted by atomic mass is 10.2. The van der Waals surface area contributed by atoms with Crippen LogP contribution in [0.5, 0.6) is 5.75 Å².